The van der Waals surface area contributed by atoms with Gasteiger partial charge in [0.25, 0.3) is 17.7 Å². The van der Waals surface area contributed by atoms with Crippen LogP contribution in [0.1, 0.15) is 76.5 Å². The first-order chi connectivity index (χ1) is 47.1. The van der Waals surface area contributed by atoms with Crippen molar-refractivity contribution in [2.75, 3.05) is 39.3 Å². The van der Waals surface area contributed by atoms with Gasteiger partial charge in [-0.3, -0.25) is 47.9 Å². The van der Waals surface area contributed by atoms with Gasteiger partial charge in [0.15, 0.2) is 0 Å². The maximum atomic E-state index is 14.2. The maximum absolute atomic E-state index is 14.2. The number of carbonyl (C=O) groups excluding carboxylic acids is 10. The van der Waals surface area contributed by atoms with Gasteiger partial charge in [-0.1, -0.05) is 109 Å². The molecule has 0 saturated heterocycles. The number of nitrogens with two attached hydrogens (primary N) is 1. The van der Waals surface area contributed by atoms with Crippen LogP contribution in [0.15, 0.2) is 146 Å². The van der Waals surface area contributed by atoms with Crippen LogP contribution in [-0.4, -0.2) is 146 Å². The van der Waals surface area contributed by atoms with Crippen molar-refractivity contribution in [1.29, 1.82) is 0 Å². The van der Waals surface area contributed by atoms with E-state index in [4.69, 9.17) is 20.7 Å². The highest BCUT2D eigenvalue weighted by Crippen LogP contribution is 2.34. The van der Waals surface area contributed by atoms with Crippen LogP contribution < -0.4 is 53.6 Å². The van der Waals surface area contributed by atoms with E-state index >= 15 is 0 Å². The normalized spacial score (nSPS) is 12.4. The smallest absolute Gasteiger partial charge is 0.254 e. The molecule has 3 atom stereocenters. The number of amides is 10. The fourth-order valence-electron chi connectivity index (χ4n) is 12.3. The molecule has 0 aliphatic carbocycles. The van der Waals surface area contributed by atoms with Crippen LogP contribution in [0.3, 0.4) is 0 Å². The first-order valence-electron chi connectivity index (χ1n) is 31.8. The second kappa shape index (κ2) is 28.9. The van der Waals surface area contributed by atoms with Crippen LogP contribution in [0.5, 0.6) is 0 Å². The fraction of sp³-hybridized carbons (Fsp3) is 0.225. The third-order valence-corrected chi connectivity index (χ3v) is 16.9. The Morgan fingerprint density at radius 1 is 0.371 bits per heavy atom. The molecule has 0 saturated carbocycles. The highest BCUT2D eigenvalue weighted by molar-refractivity contribution is 6.23. The Balaban J connectivity index is 0.686. The van der Waals surface area contributed by atoms with Gasteiger partial charge in [-0.2, -0.15) is 0 Å². The zero-order valence-corrected chi connectivity index (χ0v) is 52.6. The van der Waals surface area contributed by atoms with Crippen molar-refractivity contribution < 1.29 is 47.9 Å². The number of aromatic amines is 3. The Hall–Kier alpha value is -12.4. The van der Waals surface area contributed by atoms with Crippen LogP contribution in [-0.2, 0) is 33.6 Å². The predicted molar refractivity (Wildman–Crippen MR) is 368 cm³/mol. The van der Waals surface area contributed by atoms with E-state index in [1.54, 1.807) is 60.7 Å². The van der Waals surface area contributed by atoms with E-state index in [1.807, 2.05) is 84.9 Å². The molecule has 6 aromatic carbocycles. The summed E-state index contributed by atoms with van der Waals surface area (Å²) in [5, 5.41) is 28.4. The summed E-state index contributed by atoms with van der Waals surface area (Å²) in [4.78, 5) is 160. The van der Waals surface area contributed by atoms with Gasteiger partial charge in [0.2, 0.25) is 41.4 Å². The van der Waals surface area contributed by atoms with Gasteiger partial charge in [0.1, 0.15) is 18.1 Å². The third kappa shape index (κ3) is 14.3. The van der Waals surface area contributed by atoms with E-state index < -0.39 is 90.9 Å². The molecular weight excluding hydrogens is 1240 g/mol. The van der Waals surface area contributed by atoms with Gasteiger partial charge < -0.3 is 68.5 Å². The fourth-order valence-corrected chi connectivity index (χ4v) is 12.3. The Labute approximate surface area is 551 Å². The van der Waals surface area contributed by atoms with Gasteiger partial charge in [-0.25, -0.2) is 15.0 Å². The zero-order chi connectivity index (χ0) is 67.7. The molecule has 0 spiro atoms. The number of aromatic nitrogens is 6. The molecule has 492 valence electrons. The molecule has 6 heterocycles. The second-order valence-electron chi connectivity index (χ2n) is 23.5. The lowest BCUT2D eigenvalue weighted by Gasteiger charge is -2.21. The first-order valence-corrected chi connectivity index (χ1v) is 31.8. The number of H-pyrrole nitrogens is 3. The summed E-state index contributed by atoms with van der Waals surface area (Å²) in [6.45, 7) is -0.141. The number of hydrogen-bond acceptors (Lipinski definition) is 13. The number of nitrogens with one attached hydrogen (secondary N) is 12. The number of para-hydroxylation sites is 6. The van der Waals surface area contributed by atoms with Crippen LogP contribution in [0.4, 0.5) is 0 Å². The number of pyridine rings is 3. The van der Waals surface area contributed by atoms with Crippen LogP contribution in [0.25, 0.3) is 98.5 Å². The summed E-state index contributed by atoms with van der Waals surface area (Å²) in [5.74, 6) is -6.22. The topological polar surface area (TPSA) is 391 Å². The van der Waals surface area contributed by atoms with Gasteiger partial charge >= 0.3 is 0 Å². The maximum Gasteiger partial charge on any atom is 0.254 e. The number of primary amides is 1. The van der Waals surface area contributed by atoms with Crippen LogP contribution in [0.2, 0.25) is 0 Å². The molecule has 0 aliphatic rings. The Morgan fingerprint density at radius 3 is 0.990 bits per heavy atom. The lowest BCUT2D eigenvalue weighted by atomic mass is 10.1. The summed E-state index contributed by atoms with van der Waals surface area (Å²) in [5.41, 5.74) is 13.8. The SMILES string of the molecule is CC(=O)NCCCC(NC(=O)CNC(=O)c1c2ccccc2nc2c1[nH]c1ccccc12)C(=O)NCCCC(NC(=O)CNC(=O)c1c2ccccc2nc2c1[nH]c1ccccc12)C(=O)NCCCC(NC(=O)CNC(=O)c1c2ccccc2nc2c1[nH]c1ccccc12)C(N)=O. The first kappa shape index (κ1) is 64.7. The number of carbonyl (C=O) groups is 10. The van der Waals surface area contributed by atoms with Gasteiger partial charge in [-0.05, 0) is 74.9 Å². The summed E-state index contributed by atoms with van der Waals surface area (Å²) >= 11 is 0. The van der Waals surface area contributed by atoms with Crippen molar-refractivity contribution >= 4 is 158 Å². The van der Waals surface area contributed by atoms with Crippen molar-refractivity contribution in [3.63, 3.8) is 0 Å². The van der Waals surface area contributed by atoms with Gasteiger partial charge in [0.05, 0.1) is 86.0 Å². The van der Waals surface area contributed by atoms with Crippen molar-refractivity contribution in [3.8, 4) is 0 Å². The Kier molecular flexibility index (Phi) is 19.3. The molecule has 3 unspecified atom stereocenters. The zero-order valence-electron chi connectivity index (χ0n) is 52.6. The molecule has 12 rings (SSSR count). The molecule has 26 heteroatoms. The second-order valence-corrected chi connectivity index (χ2v) is 23.5. The molecular formula is C71H68N16O10. The Bertz CT molecular complexity index is 5140. The van der Waals surface area contributed by atoms with E-state index in [2.05, 4.69) is 62.8 Å². The predicted octanol–water partition coefficient (Wildman–Crippen LogP) is 5.47. The molecule has 26 nitrogen and oxygen atoms in total. The minimum absolute atomic E-state index is 0.0340. The molecule has 12 aromatic rings. The number of nitrogens with zero attached hydrogens (tertiary/aromatic N) is 3. The molecule has 0 bridgehead atoms. The van der Waals surface area contributed by atoms with E-state index in [-0.39, 0.29) is 80.8 Å². The number of hydrogen-bond donors (Lipinski definition) is 13. The minimum Gasteiger partial charge on any atom is -0.368 e. The number of benzene rings is 6. The van der Waals surface area contributed by atoms with Gasteiger partial charge in [-0.15, -0.1) is 0 Å². The summed E-state index contributed by atoms with van der Waals surface area (Å²) in [7, 11) is 0. The van der Waals surface area contributed by atoms with Crippen molar-refractivity contribution in [1.82, 2.24) is 77.8 Å². The van der Waals surface area contributed by atoms with E-state index in [0.717, 1.165) is 32.7 Å². The monoisotopic (exact) mass is 1300 g/mol. The molecule has 0 radical (unpaired) electrons. The molecule has 0 aliphatic heterocycles. The lowest BCUT2D eigenvalue weighted by molar-refractivity contribution is -0.129. The standard InChI is InChI=1S/C71H68N16O10/c1-38(88)73-32-15-30-52(80-55(90)36-77-70(96)58-40-18-3-9-24-46(40)83-61-43-21-6-12-27-49(43)86-64(58)61)67(93)75-34-16-31-53(81-56(91)37-78-71(97)59-41-19-4-10-25-47(41)84-62-44-22-7-13-28-50(44)87-65(59)62)68(94)74-33-14-29-51(66(72)92)79-54(89)35-76-69(95)57-39-17-2-8-23-45(39)82-60-42-20-5-11-26-48(42)85-63(57)60/h2-13,17-28,51-53,85-87H,14-16,29-37H2,1H3,(H2,72,92)(H,73,88)(H,74,94)(H,75,93)(H,76,95)(H,77,96)(H,78,97)(H,79,89)(H,80,90)(H,81,91). The van der Waals surface area contributed by atoms with Gasteiger partial charge in [0, 0.05) is 75.4 Å². The number of fused-ring (bicyclic) bond motifs is 12. The van der Waals surface area contributed by atoms with Crippen molar-refractivity contribution in [2.45, 2.75) is 63.6 Å². The van der Waals surface area contributed by atoms with Crippen LogP contribution >= 0.6 is 0 Å². The molecule has 10 amide bonds. The average molecular weight is 1310 g/mol. The quantitative estimate of drug-likeness (QED) is 0.0284. The largest absolute Gasteiger partial charge is 0.368 e. The molecule has 6 aromatic heterocycles. The highest BCUT2D eigenvalue weighted by Gasteiger charge is 2.28. The molecule has 14 N–H and O–H groups in total. The van der Waals surface area contributed by atoms with E-state index in [0.29, 0.717) is 65.8 Å². The summed E-state index contributed by atoms with van der Waals surface area (Å²) in [6, 6.07) is 40.3. The Morgan fingerprint density at radius 2 is 0.660 bits per heavy atom. The average Bonchev–Trinajstić information content (AvgIpc) is 1.66. The minimum atomic E-state index is -1.25. The van der Waals surface area contributed by atoms with Crippen molar-refractivity contribution in [3.05, 3.63) is 162 Å². The van der Waals surface area contributed by atoms with Crippen LogP contribution in [0, 0.1) is 0 Å². The molecule has 0 fully saturated rings. The number of rotatable bonds is 27. The van der Waals surface area contributed by atoms with E-state index in [1.165, 1.54) is 6.92 Å². The summed E-state index contributed by atoms with van der Waals surface area (Å²) in [6.07, 6.45) is 0.483. The lowest BCUT2D eigenvalue weighted by Crippen LogP contribution is -2.51. The summed E-state index contributed by atoms with van der Waals surface area (Å²) < 4.78 is 0. The van der Waals surface area contributed by atoms with Crippen molar-refractivity contribution in [2.24, 2.45) is 5.73 Å². The highest BCUT2D eigenvalue weighted by atomic mass is 16.2. The third-order valence-electron chi connectivity index (χ3n) is 16.9. The molecule has 97 heavy (non-hydrogen) atoms. The van der Waals surface area contributed by atoms with E-state index in [9.17, 15) is 47.9 Å².